The topological polar surface area (TPSA) is 83.9 Å². The van der Waals surface area contributed by atoms with E-state index in [-0.39, 0.29) is 11.3 Å². The molecule has 0 aromatic heterocycles. The van der Waals surface area contributed by atoms with Crippen molar-refractivity contribution in [1.82, 2.24) is 0 Å². The molecule has 5 rings (SSSR count). The first-order valence-corrected chi connectivity index (χ1v) is 9.36. The second kappa shape index (κ2) is 6.70. The summed E-state index contributed by atoms with van der Waals surface area (Å²) in [5, 5.41) is 11.2. The third kappa shape index (κ3) is 2.78. The van der Waals surface area contributed by atoms with E-state index in [1.54, 1.807) is 42.5 Å². The van der Waals surface area contributed by atoms with Crippen LogP contribution < -0.4 is 9.64 Å². The van der Waals surface area contributed by atoms with E-state index in [0.717, 1.165) is 4.90 Å². The summed E-state index contributed by atoms with van der Waals surface area (Å²) in [6, 6.07) is 14.2. The summed E-state index contributed by atoms with van der Waals surface area (Å²) in [4.78, 5) is 39.3. The highest BCUT2D eigenvalue weighted by Crippen LogP contribution is 2.35. The number of benzene rings is 3. The average molecular weight is 397 g/mol. The van der Waals surface area contributed by atoms with E-state index in [1.807, 2.05) is 6.08 Å². The van der Waals surface area contributed by atoms with Crippen LogP contribution in [0.4, 0.5) is 5.69 Å². The molecule has 30 heavy (non-hydrogen) atoms. The van der Waals surface area contributed by atoms with E-state index in [9.17, 15) is 19.5 Å². The number of imide groups is 1. The van der Waals surface area contributed by atoms with Gasteiger partial charge in [0.25, 0.3) is 11.8 Å². The van der Waals surface area contributed by atoms with Crippen molar-refractivity contribution in [3.63, 3.8) is 0 Å². The molecule has 3 aromatic rings. The lowest BCUT2D eigenvalue weighted by atomic mass is 9.93. The summed E-state index contributed by atoms with van der Waals surface area (Å²) in [6.45, 7) is 0. The Bertz CT molecular complexity index is 1300. The van der Waals surface area contributed by atoms with Gasteiger partial charge in [-0.2, -0.15) is 0 Å². The van der Waals surface area contributed by atoms with Crippen LogP contribution >= 0.6 is 0 Å². The zero-order chi connectivity index (χ0) is 20.8. The molecule has 3 aromatic carbocycles. The van der Waals surface area contributed by atoms with E-state index in [2.05, 4.69) is 0 Å². The number of anilines is 1. The number of ether oxygens (including phenoxy) is 1. The molecule has 0 saturated heterocycles. The first kappa shape index (κ1) is 17.9. The highest BCUT2D eigenvalue weighted by atomic mass is 16.5. The Morgan fingerprint density at radius 1 is 0.967 bits per heavy atom. The van der Waals surface area contributed by atoms with Crippen LogP contribution in [0.3, 0.4) is 0 Å². The van der Waals surface area contributed by atoms with Gasteiger partial charge in [0.15, 0.2) is 0 Å². The largest absolute Gasteiger partial charge is 0.508 e. The van der Waals surface area contributed by atoms with Gasteiger partial charge in [-0.05, 0) is 54.3 Å². The maximum Gasteiger partial charge on any atom is 0.343 e. The molecule has 146 valence electrons. The number of aromatic hydroxyl groups is 1. The minimum absolute atomic E-state index is 0.0465. The maximum atomic E-state index is 13.1. The van der Waals surface area contributed by atoms with Crippen molar-refractivity contribution >= 4 is 34.2 Å². The van der Waals surface area contributed by atoms with Gasteiger partial charge in [0.1, 0.15) is 11.5 Å². The minimum atomic E-state index is -0.523. The third-order valence-electron chi connectivity index (χ3n) is 5.14. The van der Waals surface area contributed by atoms with E-state index < -0.39 is 17.8 Å². The number of amides is 2. The fourth-order valence-corrected chi connectivity index (χ4v) is 3.77. The fourth-order valence-electron chi connectivity index (χ4n) is 3.77. The standard InChI is InChI=1S/C24H15NO5/c26-17-12-15-6-3-7-19-21(15)20(13-17)23(28)25(22(19)27)16-8-10-18(11-9-16)30-24(29)14-4-1-2-5-14/h1,3-13,26H,2H2. The summed E-state index contributed by atoms with van der Waals surface area (Å²) in [6.07, 6.45) is 6.04. The lowest BCUT2D eigenvalue weighted by Gasteiger charge is -2.27. The number of carbonyl (C=O) groups is 3. The predicted octanol–water partition coefficient (Wildman–Crippen LogP) is 4.14. The summed E-state index contributed by atoms with van der Waals surface area (Å²) in [5.41, 5.74) is 1.48. The molecular formula is C24H15NO5. The van der Waals surface area contributed by atoms with Gasteiger partial charge in [-0.25, -0.2) is 9.69 Å². The second-order valence-corrected chi connectivity index (χ2v) is 7.02. The number of rotatable bonds is 3. The summed E-state index contributed by atoms with van der Waals surface area (Å²) in [7, 11) is 0. The molecule has 1 aliphatic heterocycles. The van der Waals surface area contributed by atoms with Crippen molar-refractivity contribution in [1.29, 1.82) is 0 Å². The number of phenols is 1. The van der Waals surface area contributed by atoms with Gasteiger partial charge >= 0.3 is 5.97 Å². The van der Waals surface area contributed by atoms with E-state index in [0.29, 0.717) is 39.8 Å². The lowest BCUT2D eigenvalue weighted by Crippen LogP contribution is -2.40. The molecule has 2 aliphatic rings. The summed E-state index contributed by atoms with van der Waals surface area (Å²) < 4.78 is 5.33. The fraction of sp³-hybridized carbons (Fsp3) is 0.0417. The van der Waals surface area contributed by atoms with E-state index in [1.165, 1.54) is 24.3 Å². The van der Waals surface area contributed by atoms with Crippen molar-refractivity contribution in [2.45, 2.75) is 6.42 Å². The summed E-state index contributed by atoms with van der Waals surface area (Å²) >= 11 is 0. The molecule has 0 bridgehead atoms. The molecule has 0 atom stereocenters. The molecule has 0 radical (unpaired) electrons. The van der Waals surface area contributed by atoms with Crippen molar-refractivity contribution in [3.8, 4) is 11.5 Å². The first-order chi connectivity index (χ1) is 14.5. The predicted molar refractivity (Wildman–Crippen MR) is 111 cm³/mol. The van der Waals surface area contributed by atoms with Crippen LogP contribution in [0.25, 0.3) is 10.8 Å². The number of nitrogens with zero attached hydrogens (tertiary/aromatic N) is 1. The Morgan fingerprint density at radius 3 is 2.47 bits per heavy atom. The molecule has 0 fully saturated rings. The maximum absolute atomic E-state index is 13.1. The Hall–Kier alpha value is -4.19. The molecule has 6 nitrogen and oxygen atoms in total. The van der Waals surface area contributed by atoms with Gasteiger partial charge < -0.3 is 9.84 Å². The molecule has 0 unspecified atom stereocenters. The van der Waals surface area contributed by atoms with Crippen LogP contribution in [0.1, 0.15) is 27.1 Å². The molecule has 2 amide bonds. The van der Waals surface area contributed by atoms with Crippen LogP contribution in [-0.2, 0) is 4.79 Å². The second-order valence-electron chi connectivity index (χ2n) is 7.02. The van der Waals surface area contributed by atoms with E-state index in [4.69, 9.17) is 4.74 Å². The minimum Gasteiger partial charge on any atom is -0.508 e. The SMILES string of the molecule is O=C(Oc1ccc(N2C(=O)c3cccc4cc(O)cc(c34)C2=O)cc1)C1=CCC=C1. The Labute approximate surface area is 171 Å². The molecule has 1 heterocycles. The van der Waals surface area contributed by atoms with Gasteiger partial charge in [0, 0.05) is 10.9 Å². The summed E-state index contributed by atoms with van der Waals surface area (Å²) in [5.74, 6) is -1.17. The van der Waals surface area contributed by atoms with Gasteiger partial charge in [-0.15, -0.1) is 0 Å². The monoisotopic (exact) mass is 397 g/mol. The average Bonchev–Trinajstić information content (AvgIpc) is 3.28. The molecule has 0 saturated carbocycles. The van der Waals surface area contributed by atoms with Crippen molar-refractivity contribution < 1.29 is 24.2 Å². The van der Waals surface area contributed by atoms with Gasteiger partial charge in [0.05, 0.1) is 16.8 Å². The Balaban J connectivity index is 1.49. The Kier molecular flexibility index (Phi) is 3.99. The number of carbonyl (C=O) groups excluding carboxylic acids is 3. The van der Waals surface area contributed by atoms with Crippen LogP contribution in [0.2, 0.25) is 0 Å². The molecule has 6 heteroatoms. The highest BCUT2D eigenvalue weighted by Gasteiger charge is 2.34. The Morgan fingerprint density at radius 2 is 1.73 bits per heavy atom. The zero-order valence-electron chi connectivity index (χ0n) is 15.7. The van der Waals surface area contributed by atoms with Gasteiger partial charge in [0.2, 0.25) is 0 Å². The van der Waals surface area contributed by atoms with Crippen LogP contribution in [0.15, 0.2) is 78.4 Å². The number of hydrogen-bond donors (Lipinski definition) is 1. The quantitative estimate of drug-likeness (QED) is 0.408. The molecule has 1 N–H and O–H groups in total. The molecular weight excluding hydrogens is 382 g/mol. The highest BCUT2D eigenvalue weighted by molar-refractivity contribution is 6.35. The number of hydrogen-bond acceptors (Lipinski definition) is 5. The molecule has 0 spiro atoms. The number of allylic oxidation sites excluding steroid dienone is 2. The van der Waals surface area contributed by atoms with Gasteiger partial charge in [-0.3, -0.25) is 9.59 Å². The van der Waals surface area contributed by atoms with E-state index >= 15 is 0 Å². The third-order valence-corrected chi connectivity index (χ3v) is 5.14. The molecule has 1 aliphatic carbocycles. The zero-order valence-corrected chi connectivity index (χ0v) is 15.7. The number of esters is 1. The van der Waals surface area contributed by atoms with Crippen molar-refractivity contribution in [3.05, 3.63) is 89.5 Å². The number of phenolic OH excluding ortho intramolecular Hbond substituents is 1. The van der Waals surface area contributed by atoms with Gasteiger partial charge in [-0.1, -0.05) is 30.4 Å². The lowest BCUT2D eigenvalue weighted by molar-refractivity contribution is -0.129. The van der Waals surface area contributed by atoms with Crippen LogP contribution in [0, 0.1) is 0 Å². The van der Waals surface area contributed by atoms with Crippen molar-refractivity contribution in [2.24, 2.45) is 0 Å². The smallest absolute Gasteiger partial charge is 0.343 e. The van der Waals surface area contributed by atoms with Crippen LogP contribution in [0.5, 0.6) is 11.5 Å². The van der Waals surface area contributed by atoms with Crippen LogP contribution in [-0.4, -0.2) is 22.9 Å². The first-order valence-electron chi connectivity index (χ1n) is 9.36. The van der Waals surface area contributed by atoms with Crippen molar-refractivity contribution in [2.75, 3.05) is 4.90 Å². The normalized spacial score (nSPS) is 14.9.